The molecule has 1 fully saturated rings. The lowest BCUT2D eigenvalue weighted by Gasteiger charge is -2.28. The Balaban J connectivity index is 1.83. The van der Waals surface area contributed by atoms with Crippen LogP contribution in [0.4, 0.5) is 5.82 Å². The van der Waals surface area contributed by atoms with E-state index in [1.165, 1.54) is 11.9 Å². The monoisotopic (exact) mass is 324 g/mol. The molecule has 1 aromatic heterocycles. The van der Waals surface area contributed by atoms with Crippen LogP contribution in [0.2, 0.25) is 0 Å². The Morgan fingerprint density at radius 2 is 1.88 bits per heavy atom. The molecule has 0 radical (unpaired) electrons. The lowest BCUT2D eigenvalue weighted by Crippen LogP contribution is -2.32. The molecule has 0 N–H and O–H groups in total. The van der Waals surface area contributed by atoms with Gasteiger partial charge in [-0.1, -0.05) is 30.3 Å². The zero-order chi connectivity index (χ0) is 16.9. The van der Waals surface area contributed by atoms with Gasteiger partial charge in [-0.2, -0.15) is 0 Å². The Hall–Kier alpha value is -2.43. The first kappa shape index (κ1) is 16.4. The Labute approximate surface area is 143 Å². The van der Waals surface area contributed by atoms with Crippen molar-refractivity contribution in [2.45, 2.75) is 39.3 Å². The Morgan fingerprint density at radius 3 is 2.54 bits per heavy atom. The SMILES string of the molecule is CC(C)N(Cc1ccccc1)c1cc(C(=O)N2CCCC2)ncn1. The molecule has 0 atom stereocenters. The van der Waals surface area contributed by atoms with Crippen LogP contribution in [0.1, 0.15) is 42.7 Å². The van der Waals surface area contributed by atoms with E-state index in [1.54, 1.807) is 0 Å². The Kier molecular flexibility index (Phi) is 5.08. The highest BCUT2D eigenvalue weighted by Crippen LogP contribution is 2.19. The summed E-state index contributed by atoms with van der Waals surface area (Å²) in [5.41, 5.74) is 1.71. The fourth-order valence-electron chi connectivity index (χ4n) is 3.01. The van der Waals surface area contributed by atoms with Crippen LogP contribution in [0, 0.1) is 0 Å². The van der Waals surface area contributed by atoms with Gasteiger partial charge in [0, 0.05) is 31.7 Å². The maximum atomic E-state index is 12.6. The van der Waals surface area contributed by atoms with Crippen LogP contribution < -0.4 is 4.90 Å². The van der Waals surface area contributed by atoms with Gasteiger partial charge in [0.25, 0.3) is 5.91 Å². The van der Waals surface area contributed by atoms with Gasteiger partial charge in [-0.05, 0) is 32.3 Å². The van der Waals surface area contributed by atoms with E-state index in [0.29, 0.717) is 5.69 Å². The highest BCUT2D eigenvalue weighted by Gasteiger charge is 2.22. The maximum absolute atomic E-state index is 12.6. The van der Waals surface area contributed by atoms with E-state index in [9.17, 15) is 4.79 Å². The van der Waals surface area contributed by atoms with Gasteiger partial charge in [0.05, 0.1) is 0 Å². The van der Waals surface area contributed by atoms with Crippen molar-refractivity contribution in [1.29, 1.82) is 0 Å². The average Bonchev–Trinajstić information content (AvgIpc) is 3.14. The normalized spacial score (nSPS) is 14.2. The largest absolute Gasteiger partial charge is 0.350 e. The second-order valence-corrected chi connectivity index (χ2v) is 6.47. The molecule has 2 heterocycles. The lowest BCUT2D eigenvalue weighted by atomic mass is 10.2. The summed E-state index contributed by atoms with van der Waals surface area (Å²) in [6.45, 7) is 6.68. The molecule has 0 bridgehead atoms. The zero-order valence-electron chi connectivity index (χ0n) is 14.4. The molecule has 0 saturated carbocycles. The van der Waals surface area contributed by atoms with Crippen molar-refractivity contribution >= 4 is 11.7 Å². The second kappa shape index (κ2) is 7.43. The summed E-state index contributed by atoms with van der Waals surface area (Å²) in [6, 6.07) is 12.4. The van der Waals surface area contributed by atoms with Crippen molar-refractivity contribution in [3.05, 3.63) is 54.0 Å². The molecule has 5 heteroatoms. The number of amides is 1. The Bertz CT molecular complexity index is 681. The van der Waals surface area contributed by atoms with Gasteiger partial charge in [-0.15, -0.1) is 0 Å². The van der Waals surface area contributed by atoms with Crippen molar-refractivity contribution in [2.24, 2.45) is 0 Å². The highest BCUT2D eigenvalue weighted by molar-refractivity contribution is 5.93. The maximum Gasteiger partial charge on any atom is 0.272 e. The smallest absolute Gasteiger partial charge is 0.272 e. The molecule has 0 unspecified atom stereocenters. The van der Waals surface area contributed by atoms with Crippen LogP contribution in [0.3, 0.4) is 0 Å². The van der Waals surface area contributed by atoms with Crippen LogP contribution in [-0.2, 0) is 6.54 Å². The topological polar surface area (TPSA) is 49.3 Å². The van der Waals surface area contributed by atoms with E-state index in [2.05, 4.69) is 40.8 Å². The van der Waals surface area contributed by atoms with Crippen LogP contribution in [-0.4, -0.2) is 39.9 Å². The fourth-order valence-corrected chi connectivity index (χ4v) is 3.01. The van der Waals surface area contributed by atoms with Crippen molar-refractivity contribution in [2.75, 3.05) is 18.0 Å². The predicted octanol–water partition coefficient (Wildman–Crippen LogP) is 3.13. The number of hydrogen-bond acceptors (Lipinski definition) is 4. The highest BCUT2D eigenvalue weighted by atomic mass is 16.2. The number of carbonyl (C=O) groups is 1. The van der Waals surface area contributed by atoms with Crippen molar-refractivity contribution < 1.29 is 4.79 Å². The number of rotatable bonds is 5. The first-order valence-corrected chi connectivity index (χ1v) is 8.57. The second-order valence-electron chi connectivity index (χ2n) is 6.47. The molecule has 0 aliphatic carbocycles. The number of hydrogen-bond donors (Lipinski definition) is 0. The molecular weight excluding hydrogens is 300 g/mol. The molecule has 0 spiro atoms. The minimum atomic E-state index is 0.0135. The minimum Gasteiger partial charge on any atom is -0.350 e. The lowest BCUT2D eigenvalue weighted by molar-refractivity contribution is 0.0787. The number of carbonyl (C=O) groups excluding carboxylic acids is 1. The molecule has 5 nitrogen and oxygen atoms in total. The average molecular weight is 324 g/mol. The molecule has 24 heavy (non-hydrogen) atoms. The summed E-state index contributed by atoms with van der Waals surface area (Å²) in [6.07, 6.45) is 3.66. The summed E-state index contributed by atoms with van der Waals surface area (Å²) >= 11 is 0. The third-order valence-corrected chi connectivity index (χ3v) is 4.38. The van der Waals surface area contributed by atoms with Gasteiger partial charge < -0.3 is 9.80 Å². The molecular formula is C19H24N4O. The van der Waals surface area contributed by atoms with Gasteiger partial charge in [0.2, 0.25) is 0 Å². The van der Waals surface area contributed by atoms with E-state index >= 15 is 0 Å². The first-order valence-electron chi connectivity index (χ1n) is 8.57. The molecule has 1 aliphatic heterocycles. The summed E-state index contributed by atoms with van der Waals surface area (Å²) < 4.78 is 0. The number of benzene rings is 1. The summed E-state index contributed by atoms with van der Waals surface area (Å²) in [4.78, 5) is 25.3. The van der Waals surface area contributed by atoms with Crippen molar-refractivity contribution in [3.63, 3.8) is 0 Å². The van der Waals surface area contributed by atoms with Gasteiger partial charge in [-0.3, -0.25) is 4.79 Å². The van der Waals surface area contributed by atoms with E-state index in [-0.39, 0.29) is 11.9 Å². The minimum absolute atomic E-state index is 0.0135. The molecule has 1 aromatic carbocycles. The summed E-state index contributed by atoms with van der Waals surface area (Å²) in [7, 11) is 0. The number of likely N-dealkylation sites (tertiary alicyclic amines) is 1. The number of nitrogens with zero attached hydrogens (tertiary/aromatic N) is 4. The number of anilines is 1. The van der Waals surface area contributed by atoms with Gasteiger partial charge in [-0.25, -0.2) is 9.97 Å². The molecule has 1 amide bonds. The third kappa shape index (κ3) is 3.72. The van der Waals surface area contributed by atoms with Crippen LogP contribution in [0.25, 0.3) is 0 Å². The summed E-state index contributed by atoms with van der Waals surface area (Å²) in [5.74, 6) is 0.811. The molecule has 126 valence electrons. The third-order valence-electron chi connectivity index (χ3n) is 4.38. The van der Waals surface area contributed by atoms with Gasteiger partial charge in [0.15, 0.2) is 0 Å². The first-order chi connectivity index (χ1) is 11.6. The molecule has 1 saturated heterocycles. The van der Waals surface area contributed by atoms with Crippen molar-refractivity contribution in [1.82, 2.24) is 14.9 Å². The van der Waals surface area contributed by atoms with Gasteiger partial charge in [0.1, 0.15) is 17.8 Å². The quantitative estimate of drug-likeness (QED) is 0.848. The van der Waals surface area contributed by atoms with Crippen LogP contribution in [0.15, 0.2) is 42.7 Å². The van der Waals surface area contributed by atoms with Crippen LogP contribution >= 0.6 is 0 Å². The number of aromatic nitrogens is 2. The molecule has 2 aromatic rings. The molecule has 3 rings (SSSR count). The molecule has 1 aliphatic rings. The van der Waals surface area contributed by atoms with E-state index in [4.69, 9.17) is 0 Å². The van der Waals surface area contributed by atoms with E-state index in [0.717, 1.165) is 38.3 Å². The zero-order valence-corrected chi connectivity index (χ0v) is 14.4. The van der Waals surface area contributed by atoms with Crippen molar-refractivity contribution in [3.8, 4) is 0 Å². The van der Waals surface area contributed by atoms with Crippen LogP contribution in [0.5, 0.6) is 0 Å². The standard InChI is InChI=1S/C19H24N4O/c1-15(2)23(13-16-8-4-3-5-9-16)18-12-17(20-14-21-18)19(24)22-10-6-7-11-22/h3-5,8-9,12,14-15H,6-7,10-11,13H2,1-2H3. The van der Waals surface area contributed by atoms with E-state index in [1.807, 2.05) is 29.2 Å². The fraction of sp³-hybridized carbons (Fsp3) is 0.421. The predicted molar refractivity (Wildman–Crippen MR) is 94.9 cm³/mol. The Morgan fingerprint density at radius 1 is 1.17 bits per heavy atom. The van der Waals surface area contributed by atoms with Gasteiger partial charge >= 0.3 is 0 Å². The summed E-state index contributed by atoms with van der Waals surface area (Å²) in [5, 5.41) is 0. The van der Waals surface area contributed by atoms with E-state index < -0.39 is 0 Å².